The van der Waals surface area contributed by atoms with Gasteiger partial charge in [-0.1, -0.05) is 57.9 Å². The van der Waals surface area contributed by atoms with Gasteiger partial charge in [-0.25, -0.2) is 9.59 Å². The maximum absolute atomic E-state index is 12.6. The van der Waals surface area contributed by atoms with Crippen molar-refractivity contribution in [3.8, 4) is 5.75 Å². The van der Waals surface area contributed by atoms with E-state index >= 15 is 0 Å². The lowest BCUT2D eigenvalue weighted by molar-refractivity contribution is 0.0334. The third kappa shape index (κ3) is 12.4. The lowest BCUT2D eigenvalue weighted by Crippen LogP contribution is -2.17. The van der Waals surface area contributed by atoms with E-state index in [9.17, 15) is 9.59 Å². The zero-order valence-electron chi connectivity index (χ0n) is 25.0. The molecule has 1 aliphatic carbocycles. The average molecular weight is 577 g/mol. The number of unbranched alkanes of at least 4 members (excludes halogenated alkanes) is 7. The molecule has 0 N–H and O–H groups in total. The monoisotopic (exact) mass is 576 g/mol. The molecule has 0 saturated carbocycles. The molecule has 0 fully saturated rings. The number of rotatable bonds is 19. The first-order valence-electron chi connectivity index (χ1n) is 15.2. The highest BCUT2D eigenvalue weighted by atomic mass is 16.6. The molecular weight excluding hydrogens is 532 g/mol. The van der Waals surface area contributed by atoms with E-state index in [0.717, 1.165) is 12.2 Å². The number of ether oxygens (including phenoxy) is 4. The summed E-state index contributed by atoms with van der Waals surface area (Å²) in [7, 11) is 0. The van der Waals surface area contributed by atoms with Gasteiger partial charge in [-0.3, -0.25) is 0 Å². The Labute approximate surface area is 249 Å². The van der Waals surface area contributed by atoms with E-state index < -0.39 is 5.97 Å². The zero-order valence-corrected chi connectivity index (χ0v) is 25.0. The number of hydrogen-bond donors (Lipinski definition) is 0. The van der Waals surface area contributed by atoms with E-state index in [1.54, 1.807) is 48.6 Å². The molecule has 0 amide bonds. The molecule has 226 valence electrons. The summed E-state index contributed by atoms with van der Waals surface area (Å²) in [6, 6.07) is 13.8. The lowest BCUT2D eigenvalue weighted by Gasteiger charge is -2.15. The Morgan fingerprint density at radius 3 is 2.10 bits per heavy atom. The van der Waals surface area contributed by atoms with Gasteiger partial charge in [-0.2, -0.15) is 10.2 Å². The van der Waals surface area contributed by atoms with Gasteiger partial charge in [-0.15, -0.1) is 0 Å². The molecular formula is C34H44N2O6. The van der Waals surface area contributed by atoms with E-state index in [-0.39, 0.29) is 18.7 Å². The van der Waals surface area contributed by atoms with Crippen molar-refractivity contribution in [3.63, 3.8) is 0 Å². The van der Waals surface area contributed by atoms with Gasteiger partial charge >= 0.3 is 11.9 Å². The molecule has 2 aromatic carbocycles. The molecule has 2 aromatic rings. The summed E-state index contributed by atoms with van der Waals surface area (Å²) in [5.41, 5.74) is 2.19. The van der Waals surface area contributed by atoms with Crippen LogP contribution in [0.3, 0.4) is 0 Å². The van der Waals surface area contributed by atoms with E-state index in [1.807, 2.05) is 25.1 Å². The second-order valence-corrected chi connectivity index (χ2v) is 10.1. The smallest absolute Gasteiger partial charge is 0.338 e. The number of hydrogen-bond acceptors (Lipinski definition) is 8. The number of allylic oxidation sites excluding steroid dienone is 1. The molecule has 0 spiro atoms. The van der Waals surface area contributed by atoms with Crippen molar-refractivity contribution in [2.45, 2.75) is 77.7 Å². The average Bonchev–Trinajstić information content (AvgIpc) is 3.02. The van der Waals surface area contributed by atoms with Crippen molar-refractivity contribution in [1.29, 1.82) is 0 Å². The molecule has 0 aromatic heterocycles. The summed E-state index contributed by atoms with van der Waals surface area (Å²) >= 11 is 0. The zero-order chi connectivity index (χ0) is 29.8. The van der Waals surface area contributed by atoms with Crippen LogP contribution in [0, 0.1) is 0 Å². The molecule has 0 radical (unpaired) electrons. The van der Waals surface area contributed by atoms with E-state index in [4.69, 9.17) is 18.9 Å². The molecule has 0 bridgehead atoms. The van der Waals surface area contributed by atoms with E-state index in [2.05, 4.69) is 17.2 Å². The van der Waals surface area contributed by atoms with Gasteiger partial charge in [0.25, 0.3) is 0 Å². The highest BCUT2D eigenvalue weighted by Crippen LogP contribution is 2.21. The fraction of sp³-hybridized carbons (Fsp3) is 0.471. The predicted molar refractivity (Wildman–Crippen MR) is 163 cm³/mol. The highest BCUT2D eigenvalue weighted by Gasteiger charge is 2.16. The summed E-state index contributed by atoms with van der Waals surface area (Å²) in [5.74, 6) is -0.0265. The Bertz CT molecular complexity index is 1170. The second-order valence-electron chi connectivity index (χ2n) is 10.1. The van der Waals surface area contributed by atoms with Gasteiger partial charge in [0.15, 0.2) is 0 Å². The van der Waals surface area contributed by atoms with Gasteiger partial charge in [0, 0.05) is 13.0 Å². The topological polar surface area (TPSA) is 95.8 Å². The molecule has 8 heteroatoms. The van der Waals surface area contributed by atoms with Crippen LogP contribution in [0.1, 0.15) is 92.4 Å². The van der Waals surface area contributed by atoms with Crippen molar-refractivity contribution < 1.29 is 28.5 Å². The van der Waals surface area contributed by atoms with Crippen molar-refractivity contribution >= 4 is 17.6 Å². The van der Waals surface area contributed by atoms with Crippen LogP contribution < -0.4 is 4.74 Å². The van der Waals surface area contributed by atoms with Crippen molar-refractivity contribution in [3.05, 3.63) is 83.6 Å². The molecule has 0 aliphatic heterocycles. The summed E-state index contributed by atoms with van der Waals surface area (Å²) in [5, 5.41) is 8.47. The fourth-order valence-electron chi connectivity index (χ4n) is 4.27. The maximum atomic E-state index is 12.6. The largest absolute Gasteiger partial charge is 0.494 e. The maximum Gasteiger partial charge on any atom is 0.338 e. The molecule has 8 nitrogen and oxygen atoms in total. The number of carbonyl (C=O) groups excluding carboxylic acids is 2. The molecule has 1 aliphatic rings. The first-order chi connectivity index (χ1) is 20.6. The number of esters is 2. The van der Waals surface area contributed by atoms with Gasteiger partial charge < -0.3 is 18.9 Å². The van der Waals surface area contributed by atoms with E-state index in [1.165, 1.54) is 44.9 Å². The Kier molecular flexibility index (Phi) is 15.1. The standard InChI is InChI=1S/C34H44N2O6/c1-3-5-6-7-8-9-10-11-24-40-31-20-14-28(15-21-31)34(38)42-32-22-18-30(19-23-32)36-35-29-16-12-27(13-17-29)33(37)41-26-25-39-4-2/h12-22,32H,3-11,23-26H2,1-2H3. The van der Waals surface area contributed by atoms with Crippen LogP contribution in [0.2, 0.25) is 0 Å². The summed E-state index contributed by atoms with van der Waals surface area (Å²) < 4.78 is 21.8. The molecule has 42 heavy (non-hydrogen) atoms. The molecule has 1 unspecified atom stereocenters. The summed E-state index contributed by atoms with van der Waals surface area (Å²) in [6.45, 7) is 5.98. The molecule has 0 heterocycles. The Hall–Kier alpha value is -3.78. The summed E-state index contributed by atoms with van der Waals surface area (Å²) in [6.07, 6.45) is 15.7. The highest BCUT2D eigenvalue weighted by molar-refractivity contribution is 5.90. The predicted octanol–water partition coefficient (Wildman–Crippen LogP) is 8.55. The van der Waals surface area contributed by atoms with Crippen LogP contribution >= 0.6 is 0 Å². The lowest BCUT2D eigenvalue weighted by atomic mass is 10.1. The third-order valence-corrected chi connectivity index (χ3v) is 6.70. The van der Waals surface area contributed by atoms with Gasteiger partial charge in [0.2, 0.25) is 0 Å². The van der Waals surface area contributed by atoms with Crippen molar-refractivity contribution in [2.24, 2.45) is 10.2 Å². The van der Waals surface area contributed by atoms with Crippen LogP contribution in [0.25, 0.3) is 0 Å². The number of nitrogens with zero attached hydrogens (tertiary/aromatic N) is 2. The number of azo groups is 1. The molecule has 0 saturated heterocycles. The normalized spacial score (nSPS) is 14.5. The van der Waals surface area contributed by atoms with Crippen LogP contribution in [0.15, 0.2) is 82.7 Å². The Morgan fingerprint density at radius 2 is 1.43 bits per heavy atom. The second kappa shape index (κ2) is 19.4. The SMILES string of the molecule is CCCCCCCCCCOc1ccc(C(=O)OC2C=CC(N=Nc3ccc(C(=O)OCCOCC)cc3)=CC2)cc1. The first-order valence-corrected chi connectivity index (χ1v) is 15.2. The number of carbonyl (C=O) groups is 2. The van der Waals surface area contributed by atoms with Crippen LogP contribution in [0.5, 0.6) is 5.75 Å². The molecule has 1 atom stereocenters. The fourth-order valence-corrected chi connectivity index (χ4v) is 4.27. The van der Waals surface area contributed by atoms with Crippen LogP contribution in [-0.2, 0) is 14.2 Å². The van der Waals surface area contributed by atoms with Gasteiger partial charge in [0.1, 0.15) is 18.5 Å². The molecule has 3 rings (SSSR count). The van der Waals surface area contributed by atoms with Crippen molar-refractivity contribution in [2.75, 3.05) is 26.4 Å². The van der Waals surface area contributed by atoms with Gasteiger partial charge in [-0.05, 0) is 74.0 Å². The minimum absolute atomic E-state index is 0.214. The summed E-state index contributed by atoms with van der Waals surface area (Å²) in [4.78, 5) is 24.6. The Balaban J connectivity index is 1.34. The Morgan fingerprint density at radius 1 is 0.762 bits per heavy atom. The quantitative estimate of drug-likeness (QED) is 0.0944. The van der Waals surface area contributed by atoms with E-state index in [0.29, 0.717) is 48.8 Å². The third-order valence-electron chi connectivity index (χ3n) is 6.70. The minimum Gasteiger partial charge on any atom is -0.494 e. The van der Waals surface area contributed by atoms with Crippen LogP contribution in [-0.4, -0.2) is 44.5 Å². The minimum atomic E-state index is -0.407. The van der Waals surface area contributed by atoms with Crippen molar-refractivity contribution in [1.82, 2.24) is 0 Å². The van der Waals surface area contributed by atoms with Crippen LogP contribution in [0.4, 0.5) is 5.69 Å². The number of benzene rings is 2. The van der Waals surface area contributed by atoms with Gasteiger partial charge in [0.05, 0.1) is 35.7 Å². The first kappa shape index (κ1) is 32.7.